The topological polar surface area (TPSA) is 9.23 Å². The van der Waals surface area contributed by atoms with Crippen LogP contribution in [0.15, 0.2) is 24.8 Å². The van der Waals surface area contributed by atoms with Gasteiger partial charge in [0, 0.05) is 0 Å². The molecule has 0 unspecified atom stereocenters. The van der Waals surface area contributed by atoms with E-state index in [0.29, 0.717) is 18.1 Å². The summed E-state index contributed by atoms with van der Waals surface area (Å²) in [6.07, 6.45) is 20.5. The molecule has 2 aliphatic rings. The number of ether oxygens (including phenoxy) is 1. The summed E-state index contributed by atoms with van der Waals surface area (Å²) in [6.45, 7) is 6.40. The summed E-state index contributed by atoms with van der Waals surface area (Å²) in [4.78, 5) is 0. The van der Waals surface area contributed by atoms with Crippen LogP contribution in [-0.2, 0) is 0 Å². The average molecular weight is 431 g/mol. The molecule has 2 fully saturated rings. The predicted octanol–water partition coefficient (Wildman–Crippen LogP) is 8.60. The highest BCUT2D eigenvalue weighted by atomic mass is 19.2. The Morgan fingerprint density at radius 3 is 2.03 bits per heavy atom. The van der Waals surface area contributed by atoms with Gasteiger partial charge in [-0.3, -0.25) is 0 Å². The zero-order valence-corrected chi connectivity index (χ0v) is 19.3. The molecule has 2 saturated carbocycles. The van der Waals surface area contributed by atoms with Crippen LogP contribution in [0.4, 0.5) is 8.78 Å². The van der Waals surface area contributed by atoms with Crippen molar-refractivity contribution in [2.45, 2.75) is 89.9 Å². The van der Waals surface area contributed by atoms with Crippen molar-refractivity contribution in [1.82, 2.24) is 0 Å². The van der Waals surface area contributed by atoms with Crippen LogP contribution in [0.2, 0.25) is 0 Å². The lowest BCUT2D eigenvalue weighted by molar-refractivity contribution is 0.286. The van der Waals surface area contributed by atoms with E-state index in [2.05, 4.69) is 25.5 Å². The van der Waals surface area contributed by atoms with Crippen LogP contribution in [0.1, 0.15) is 95.5 Å². The Kier molecular flexibility index (Phi) is 9.87. The fourth-order valence-electron chi connectivity index (χ4n) is 5.25. The number of halogens is 2. The van der Waals surface area contributed by atoms with Crippen LogP contribution in [0.25, 0.3) is 0 Å². The van der Waals surface area contributed by atoms with E-state index in [0.717, 1.165) is 56.8 Å². The summed E-state index contributed by atoms with van der Waals surface area (Å²) < 4.78 is 34.5. The van der Waals surface area contributed by atoms with Crippen LogP contribution < -0.4 is 4.74 Å². The van der Waals surface area contributed by atoms with Gasteiger partial charge in [0.2, 0.25) is 5.82 Å². The van der Waals surface area contributed by atoms with E-state index in [9.17, 15) is 8.78 Å². The fourth-order valence-corrected chi connectivity index (χ4v) is 5.25. The van der Waals surface area contributed by atoms with Crippen LogP contribution in [0, 0.1) is 42.2 Å². The van der Waals surface area contributed by atoms with Crippen molar-refractivity contribution in [1.29, 1.82) is 0 Å². The van der Waals surface area contributed by atoms with Crippen molar-refractivity contribution in [3.63, 3.8) is 0 Å². The summed E-state index contributed by atoms with van der Waals surface area (Å²) in [7, 11) is 0. The third kappa shape index (κ3) is 7.05. The highest BCUT2D eigenvalue weighted by Gasteiger charge is 2.27. The maximum absolute atomic E-state index is 14.7. The Hall–Kier alpha value is -1.38. The number of rotatable bonds is 11. The van der Waals surface area contributed by atoms with Crippen LogP contribution in [0.3, 0.4) is 0 Å². The highest BCUT2D eigenvalue weighted by molar-refractivity contribution is 5.33. The molecule has 0 amide bonds. The van der Waals surface area contributed by atoms with Gasteiger partial charge < -0.3 is 4.74 Å². The molecule has 0 atom stereocenters. The maximum Gasteiger partial charge on any atom is 0.200 e. The van der Waals surface area contributed by atoms with Gasteiger partial charge in [-0.25, -0.2) is 4.39 Å². The Morgan fingerprint density at radius 1 is 0.871 bits per heavy atom. The molecular weight excluding hydrogens is 390 g/mol. The first-order chi connectivity index (χ1) is 15.1. The molecule has 0 spiro atoms. The second kappa shape index (κ2) is 12.6. The van der Waals surface area contributed by atoms with Crippen molar-refractivity contribution in [2.75, 3.05) is 6.61 Å². The van der Waals surface area contributed by atoms with Gasteiger partial charge in [0.1, 0.15) is 0 Å². The Morgan fingerprint density at radius 2 is 1.45 bits per heavy atom. The molecule has 2 radical (unpaired) electrons. The van der Waals surface area contributed by atoms with Gasteiger partial charge in [0.15, 0.2) is 11.6 Å². The van der Waals surface area contributed by atoms with Crippen molar-refractivity contribution in [2.24, 2.45) is 17.8 Å². The van der Waals surface area contributed by atoms with Gasteiger partial charge in [0.05, 0.1) is 6.61 Å². The monoisotopic (exact) mass is 430 g/mol. The predicted molar refractivity (Wildman–Crippen MR) is 125 cm³/mol. The zero-order valence-electron chi connectivity index (χ0n) is 19.3. The fraction of sp³-hybridized carbons (Fsp3) is 0.643. The quantitative estimate of drug-likeness (QED) is 0.252. The lowest BCUT2D eigenvalue weighted by Crippen LogP contribution is -2.16. The SMILES string of the molecule is C=C[C@H]1CC[C@H]([CH]CC[CH][C@H]2CC[C@H](c3ccc(OCCCC)c(F)c3F)CC2)CC1. The molecule has 0 saturated heterocycles. The molecule has 0 aliphatic heterocycles. The van der Waals surface area contributed by atoms with Crippen molar-refractivity contribution in [3.05, 3.63) is 54.8 Å². The number of hydrogen-bond donors (Lipinski definition) is 0. The first-order valence-corrected chi connectivity index (χ1v) is 12.5. The molecule has 3 heteroatoms. The summed E-state index contributed by atoms with van der Waals surface area (Å²) in [5, 5.41) is 0. The van der Waals surface area contributed by atoms with Crippen LogP contribution in [0.5, 0.6) is 5.75 Å². The van der Waals surface area contributed by atoms with Crippen LogP contribution >= 0.6 is 0 Å². The smallest absolute Gasteiger partial charge is 0.200 e. The van der Waals surface area contributed by atoms with E-state index >= 15 is 0 Å². The molecule has 0 bridgehead atoms. The lowest BCUT2D eigenvalue weighted by atomic mass is 9.76. The van der Waals surface area contributed by atoms with E-state index in [1.54, 1.807) is 12.1 Å². The molecule has 0 aromatic heterocycles. The first-order valence-electron chi connectivity index (χ1n) is 12.5. The van der Waals surface area contributed by atoms with Gasteiger partial charge in [-0.15, -0.1) is 6.58 Å². The second-order valence-electron chi connectivity index (χ2n) is 9.55. The van der Waals surface area contributed by atoms with Gasteiger partial charge >= 0.3 is 0 Å². The normalized spacial score (nSPS) is 26.5. The first kappa shape index (κ1) is 24.3. The minimum absolute atomic E-state index is 0.0472. The number of unbranched alkanes of at least 4 members (excludes halogenated alkanes) is 2. The third-order valence-corrected chi connectivity index (χ3v) is 7.36. The van der Waals surface area contributed by atoms with E-state index in [4.69, 9.17) is 4.74 Å². The molecule has 1 aromatic rings. The maximum atomic E-state index is 14.7. The largest absolute Gasteiger partial charge is 0.490 e. The molecule has 1 aromatic carbocycles. The van der Waals surface area contributed by atoms with E-state index in [-0.39, 0.29) is 11.7 Å². The second-order valence-corrected chi connectivity index (χ2v) is 9.55. The number of hydrogen-bond acceptors (Lipinski definition) is 1. The third-order valence-electron chi connectivity index (χ3n) is 7.36. The zero-order chi connectivity index (χ0) is 22.1. The van der Waals surface area contributed by atoms with Gasteiger partial charge in [-0.1, -0.05) is 25.5 Å². The minimum Gasteiger partial charge on any atom is -0.490 e. The standard InChI is InChI=1S/C28H40F2O/c1-3-5-20-31-26-19-18-25(27(29)28(26)30)24-16-14-23(15-17-24)9-7-6-8-22-12-10-21(4-2)11-13-22/h4,8-9,18-19,21-24H,2-3,5-7,10-17,20H2,1H3/t21-,22-,23-,24-. The summed E-state index contributed by atoms with van der Waals surface area (Å²) in [5.41, 5.74) is 0.530. The Labute approximate surface area is 188 Å². The molecular formula is C28H40F2O. The molecule has 172 valence electrons. The Bertz CT molecular complexity index is 670. The molecule has 2 aliphatic carbocycles. The Balaban J connectivity index is 1.36. The highest BCUT2D eigenvalue weighted by Crippen LogP contribution is 2.40. The molecule has 0 N–H and O–H groups in total. The summed E-state index contributed by atoms with van der Waals surface area (Å²) in [6, 6.07) is 3.35. The number of benzene rings is 1. The summed E-state index contributed by atoms with van der Waals surface area (Å²) >= 11 is 0. The van der Waals surface area contributed by atoms with Gasteiger partial charge in [0.25, 0.3) is 0 Å². The lowest BCUT2D eigenvalue weighted by Gasteiger charge is -2.29. The van der Waals surface area contributed by atoms with Crippen molar-refractivity contribution in [3.8, 4) is 5.75 Å². The van der Waals surface area contributed by atoms with Crippen molar-refractivity contribution < 1.29 is 13.5 Å². The van der Waals surface area contributed by atoms with Gasteiger partial charge in [-0.05, 0) is 119 Å². The van der Waals surface area contributed by atoms with E-state index < -0.39 is 11.6 Å². The van der Waals surface area contributed by atoms with E-state index in [1.807, 2.05) is 6.92 Å². The van der Waals surface area contributed by atoms with Crippen LogP contribution in [-0.4, -0.2) is 6.61 Å². The van der Waals surface area contributed by atoms with E-state index in [1.165, 1.54) is 32.1 Å². The molecule has 31 heavy (non-hydrogen) atoms. The minimum atomic E-state index is -0.819. The molecule has 0 heterocycles. The average Bonchev–Trinajstić information content (AvgIpc) is 2.81. The van der Waals surface area contributed by atoms with Gasteiger partial charge in [-0.2, -0.15) is 4.39 Å². The van der Waals surface area contributed by atoms with Crippen molar-refractivity contribution >= 4 is 0 Å². The molecule has 1 nitrogen and oxygen atoms in total. The molecule has 3 rings (SSSR count). The number of allylic oxidation sites excluding steroid dienone is 1. The summed E-state index contributed by atoms with van der Waals surface area (Å²) in [5.74, 6) is 0.774.